The van der Waals surface area contributed by atoms with Gasteiger partial charge in [-0.15, -0.1) is 0 Å². The largest absolute Gasteiger partial charge is 0.493 e. The summed E-state index contributed by atoms with van der Waals surface area (Å²) in [6, 6.07) is 8.62. The van der Waals surface area contributed by atoms with Crippen LogP contribution in [0, 0.1) is 5.92 Å². The summed E-state index contributed by atoms with van der Waals surface area (Å²) in [7, 11) is 0. The molecule has 1 aliphatic heterocycles. The zero-order valence-corrected chi connectivity index (χ0v) is 11.6. The van der Waals surface area contributed by atoms with Gasteiger partial charge in [0.15, 0.2) is 0 Å². The number of para-hydroxylation sites is 1. The van der Waals surface area contributed by atoms with Gasteiger partial charge in [-0.3, -0.25) is 0 Å². The topological polar surface area (TPSA) is 35.2 Å². The Morgan fingerprint density at radius 3 is 2.72 bits per heavy atom. The first-order chi connectivity index (χ1) is 8.76. The minimum atomic E-state index is 0.264. The Morgan fingerprint density at radius 1 is 1.28 bits per heavy atom. The molecule has 2 nitrogen and oxygen atoms in total. The maximum atomic E-state index is 6.46. The third-order valence-electron chi connectivity index (χ3n) is 4.28. The Hall–Kier alpha value is -1.02. The molecule has 100 valence electrons. The van der Waals surface area contributed by atoms with E-state index in [0.717, 1.165) is 31.1 Å². The molecule has 1 aromatic rings. The molecule has 18 heavy (non-hydrogen) atoms. The maximum Gasteiger partial charge on any atom is 0.122 e. The lowest BCUT2D eigenvalue weighted by Crippen LogP contribution is -2.33. The minimum absolute atomic E-state index is 0.264. The molecule has 2 N–H and O–H groups in total. The molecule has 0 aliphatic carbocycles. The van der Waals surface area contributed by atoms with E-state index in [-0.39, 0.29) is 6.04 Å². The van der Waals surface area contributed by atoms with Gasteiger partial charge in [0, 0.05) is 12.0 Å². The van der Waals surface area contributed by atoms with E-state index in [2.05, 4.69) is 32.0 Å². The van der Waals surface area contributed by atoms with Crippen molar-refractivity contribution in [1.82, 2.24) is 0 Å². The van der Waals surface area contributed by atoms with E-state index < -0.39 is 0 Å². The average molecular weight is 247 g/mol. The Balaban J connectivity index is 2.10. The third kappa shape index (κ3) is 2.86. The first-order valence-corrected chi connectivity index (χ1v) is 7.23. The van der Waals surface area contributed by atoms with Gasteiger partial charge in [0.1, 0.15) is 5.75 Å². The number of hydrogen-bond acceptors (Lipinski definition) is 2. The quantitative estimate of drug-likeness (QED) is 0.861. The molecule has 0 spiro atoms. The number of nitrogens with two attached hydrogens (primary N) is 1. The van der Waals surface area contributed by atoms with E-state index in [0.29, 0.717) is 5.92 Å². The normalized spacial score (nSPS) is 20.3. The van der Waals surface area contributed by atoms with Gasteiger partial charge in [-0.1, -0.05) is 44.9 Å². The number of hydrogen-bond donors (Lipinski definition) is 1. The van der Waals surface area contributed by atoms with Crippen molar-refractivity contribution < 1.29 is 4.74 Å². The Labute approximate surface area is 111 Å². The second-order valence-electron chi connectivity index (χ2n) is 5.36. The summed E-state index contributed by atoms with van der Waals surface area (Å²) in [6.07, 6.45) is 4.65. The molecule has 2 heteroatoms. The summed E-state index contributed by atoms with van der Waals surface area (Å²) >= 11 is 0. The standard InChI is InChI=1S/C16H25NO/c1-3-12(4-2)11-15(17)13-9-10-18-16-8-6-5-7-14(13)16/h5-8,12-13,15H,3-4,9-11,17H2,1-2H3. The summed E-state index contributed by atoms with van der Waals surface area (Å²) in [5, 5.41) is 0. The van der Waals surface area contributed by atoms with Crippen LogP contribution in [-0.4, -0.2) is 12.6 Å². The molecule has 1 heterocycles. The summed E-state index contributed by atoms with van der Waals surface area (Å²) in [6.45, 7) is 5.33. The molecule has 0 aromatic heterocycles. The van der Waals surface area contributed by atoms with Crippen LogP contribution in [0.15, 0.2) is 24.3 Å². The SMILES string of the molecule is CCC(CC)CC(N)C1CCOc2ccccc21. The van der Waals surface area contributed by atoms with Crippen LogP contribution in [0.25, 0.3) is 0 Å². The number of fused-ring (bicyclic) bond motifs is 1. The Bertz CT molecular complexity index is 373. The maximum absolute atomic E-state index is 6.46. The highest BCUT2D eigenvalue weighted by molar-refractivity contribution is 5.38. The molecule has 0 radical (unpaired) electrons. The average Bonchev–Trinajstić information content (AvgIpc) is 2.43. The van der Waals surface area contributed by atoms with E-state index >= 15 is 0 Å². The van der Waals surface area contributed by atoms with E-state index in [4.69, 9.17) is 10.5 Å². The van der Waals surface area contributed by atoms with Crippen molar-refractivity contribution in [3.05, 3.63) is 29.8 Å². The number of benzene rings is 1. The van der Waals surface area contributed by atoms with Crippen molar-refractivity contribution in [1.29, 1.82) is 0 Å². The molecular weight excluding hydrogens is 222 g/mol. The molecule has 2 unspecified atom stereocenters. The van der Waals surface area contributed by atoms with Gasteiger partial charge in [0.25, 0.3) is 0 Å². The fourth-order valence-corrected chi connectivity index (χ4v) is 2.99. The molecule has 1 aromatic carbocycles. The van der Waals surface area contributed by atoms with Crippen LogP contribution in [-0.2, 0) is 0 Å². The summed E-state index contributed by atoms with van der Waals surface area (Å²) in [5.41, 5.74) is 7.77. The zero-order chi connectivity index (χ0) is 13.0. The van der Waals surface area contributed by atoms with Crippen LogP contribution in [0.3, 0.4) is 0 Å². The Kier molecular flexibility index (Phi) is 4.65. The van der Waals surface area contributed by atoms with Gasteiger partial charge >= 0.3 is 0 Å². The molecule has 0 saturated heterocycles. The van der Waals surface area contributed by atoms with Gasteiger partial charge in [-0.25, -0.2) is 0 Å². The van der Waals surface area contributed by atoms with Crippen LogP contribution in [0.4, 0.5) is 0 Å². The lowest BCUT2D eigenvalue weighted by molar-refractivity contribution is 0.244. The molecule has 0 fully saturated rings. The highest BCUT2D eigenvalue weighted by Gasteiger charge is 2.27. The molecule has 1 aliphatic rings. The fraction of sp³-hybridized carbons (Fsp3) is 0.625. The van der Waals surface area contributed by atoms with Crippen LogP contribution in [0.2, 0.25) is 0 Å². The van der Waals surface area contributed by atoms with E-state index in [1.807, 2.05) is 6.07 Å². The highest BCUT2D eigenvalue weighted by atomic mass is 16.5. The van der Waals surface area contributed by atoms with Crippen LogP contribution >= 0.6 is 0 Å². The molecule has 2 atom stereocenters. The third-order valence-corrected chi connectivity index (χ3v) is 4.28. The summed E-state index contributed by atoms with van der Waals surface area (Å²) < 4.78 is 5.71. The monoisotopic (exact) mass is 247 g/mol. The number of ether oxygens (including phenoxy) is 1. The van der Waals surface area contributed by atoms with Crippen molar-refractivity contribution in [2.24, 2.45) is 11.7 Å². The smallest absolute Gasteiger partial charge is 0.122 e. The second kappa shape index (κ2) is 6.24. The van der Waals surface area contributed by atoms with Crippen molar-refractivity contribution in [3.63, 3.8) is 0 Å². The molecule has 0 bridgehead atoms. The van der Waals surface area contributed by atoms with Crippen LogP contribution in [0.5, 0.6) is 5.75 Å². The number of rotatable bonds is 5. The minimum Gasteiger partial charge on any atom is -0.493 e. The lowest BCUT2D eigenvalue weighted by atomic mass is 9.81. The van der Waals surface area contributed by atoms with Gasteiger partial charge < -0.3 is 10.5 Å². The van der Waals surface area contributed by atoms with Crippen molar-refractivity contribution >= 4 is 0 Å². The molecule has 0 amide bonds. The first-order valence-electron chi connectivity index (χ1n) is 7.23. The molecule has 2 rings (SSSR count). The van der Waals surface area contributed by atoms with Crippen LogP contribution in [0.1, 0.15) is 51.0 Å². The molecular formula is C16H25NO. The second-order valence-corrected chi connectivity index (χ2v) is 5.36. The van der Waals surface area contributed by atoms with Gasteiger partial charge in [0.05, 0.1) is 6.61 Å². The van der Waals surface area contributed by atoms with E-state index in [9.17, 15) is 0 Å². The fourth-order valence-electron chi connectivity index (χ4n) is 2.99. The zero-order valence-electron chi connectivity index (χ0n) is 11.6. The summed E-state index contributed by atoms with van der Waals surface area (Å²) in [4.78, 5) is 0. The van der Waals surface area contributed by atoms with Gasteiger partial charge in [-0.2, -0.15) is 0 Å². The van der Waals surface area contributed by atoms with Crippen LogP contribution < -0.4 is 10.5 Å². The van der Waals surface area contributed by atoms with E-state index in [1.54, 1.807) is 0 Å². The first kappa shape index (κ1) is 13.4. The predicted octanol–water partition coefficient (Wildman–Crippen LogP) is 3.71. The highest BCUT2D eigenvalue weighted by Crippen LogP contribution is 2.36. The molecule has 0 saturated carbocycles. The van der Waals surface area contributed by atoms with Gasteiger partial charge in [0.2, 0.25) is 0 Å². The summed E-state index contributed by atoms with van der Waals surface area (Å²) in [5.74, 6) is 2.26. The lowest BCUT2D eigenvalue weighted by Gasteiger charge is -2.31. The predicted molar refractivity (Wildman–Crippen MR) is 76.0 cm³/mol. The van der Waals surface area contributed by atoms with Crippen molar-refractivity contribution in [3.8, 4) is 5.75 Å². The van der Waals surface area contributed by atoms with E-state index in [1.165, 1.54) is 18.4 Å². The van der Waals surface area contributed by atoms with Crippen molar-refractivity contribution in [2.75, 3.05) is 6.61 Å². The van der Waals surface area contributed by atoms with Gasteiger partial charge in [-0.05, 0) is 30.4 Å². The van der Waals surface area contributed by atoms with Crippen molar-refractivity contribution in [2.45, 2.75) is 51.5 Å². The Morgan fingerprint density at radius 2 is 2.00 bits per heavy atom.